The fourth-order valence-electron chi connectivity index (χ4n) is 1.16. The van der Waals surface area contributed by atoms with Crippen LogP contribution in [0.25, 0.3) is 10.9 Å². The lowest BCUT2D eigenvalue weighted by atomic mass is 10.3. The summed E-state index contributed by atoms with van der Waals surface area (Å²) in [6.45, 7) is 0. The number of nitro groups is 1. The van der Waals surface area contributed by atoms with Crippen molar-refractivity contribution in [1.29, 1.82) is 0 Å². The van der Waals surface area contributed by atoms with E-state index in [9.17, 15) is 14.9 Å². The Hall–Kier alpha value is -2.11. The number of aromatic nitrogens is 2. The van der Waals surface area contributed by atoms with Crippen molar-refractivity contribution in [2.45, 2.75) is 0 Å². The third kappa shape index (κ3) is 0.994. The van der Waals surface area contributed by atoms with Gasteiger partial charge in [-0.25, -0.2) is 0 Å². The summed E-state index contributed by atoms with van der Waals surface area (Å²) in [4.78, 5) is 22.0. The van der Waals surface area contributed by atoms with Gasteiger partial charge in [0.25, 0.3) is 0 Å². The Morgan fingerprint density at radius 1 is 1.38 bits per heavy atom. The van der Waals surface area contributed by atoms with Gasteiger partial charge in [0.05, 0.1) is 10.4 Å². The summed E-state index contributed by atoms with van der Waals surface area (Å²) >= 11 is 0. The molecule has 0 fully saturated rings. The predicted molar refractivity (Wildman–Crippen MR) is 45.0 cm³/mol. The molecule has 6 nitrogen and oxygen atoms in total. The normalized spacial score (nSPS) is 10.5. The molecular weight excluding hydrogens is 174 g/mol. The highest BCUT2D eigenvalue weighted by Crippen LogP contribution is 2.04. The van der Waals surface area contributed by atoms with Crippen molar-refractivity contribution in [3.05, 3.63) is 44.7 Å². The van der Waals surface area contributed by atoms with Crippen LogP contribution in [-0.4, -0.2) is 14.9 Å². The molecule has 6 heteroatoms. The van der Waals surface area contributed by atoms with Gasteiger partial charge in [0.15, 0.2) is 5.52 Å². The first-order valence-electron chi connectivity index (χ1n) is 3.54. The zero-order valence-corrected chi connectivity index (χ0v) is 6.43. The first kappa shape index (κ1) is 7.53. The van der Waals surface area contributed by atoms with Crippen LogP contribution in [0, 0.1) is 10.1 Å². The number of nitrogens with one attached hydrogen (secondary N) is 1. The van der Waals surface area contributed by atoms with Gasteiger partial charge in [0.1, 0.15) is 0 Å². The van der Waals surface area contributed by atoms with Crippen molar-refractivity contribution in [1.82, 2.24) is 9.89 Å². The number of fused-ring (bicyclic) bond motifs is 1. The molecule has 0 radical (unpaired) electrons. The second kappa shape index (κ2) is 2.44. The van der Waals surface area contributed by atoms with Gasteiger partial charge in [-0.15, -0.1) is 0 Å². The van der Waals surface area contributed by atoms with Crippen LogP contribution in [0.15, 0.2) is 29.1 Å². The minimum absolute atomic E-state index is 0.319. The van der Waals surface area contributed by atoms with E-state index in [4.69, 9.17) is 0 Å². The zero-order chi connectivity index (χ0) is 9.42. The predicted octanol–water partition coefficient (Wildman–Crippen LogP) is 0.369. The maximum absolute atomic E-state index is 11.3. The van der Waals surface area contributed by atoms with Gasteiger partial charge in [-0.1, -0.05) is 12.1 Å². The monoisotopic (exact) mass is 179 g/mol. The minimum atomic E-state index is -0.789. The van der Waals surface area contributed by atoms with Gasteiger partial charge in [-0.05, 0) is 12.1 Å². The number of aromatic amines is 1. The van der Waals surface area contributed by atoms with E-state index < -0.39 is 10.6 Å². The number of nitrogens with zero attached hydrogens (tertiary/aromatic N) is 2. The fourth-order valence-corrected chi connectivity index (χ4v) is 1.16. The molecule has 0 saturated carbocycles. The Bertz CT molecular complexity index is 525. The van der Waals surface area contributed by atoms with Crippen LogP contribution in [0.1, 0.15) is 0 Å². The number of hydrogen-bond donors (Lipinski definition) is 1. The lowest BCUT2D eigenvalue weighted by Gasteiger charge is -1.88. The molecular formula is C7H5N3O3. The van der Waals surface area contributed by atoms with Gasteiger partial charge in [0, 0.05) is 4.79 Å². The quantitative estimate of drug-likeness (QED) is 0.507. The van der Waals surface area contributed by atoms with Crippen LogP contribution < -0.4 is 5.56 Å². The Morgan fingerprint density at radius 2 is 2.08 bits per heavy atom. The van der Waals surface area contributed by atoms with Crippen LogP contribution >= 0.6 is 0 Å². The second-order valence-corrected chi connectivity index (χ2v) is 2.51. The molecule has 0 bridgehead atoms. The number of rotatable bonds is 1. The van der Waals surface area contributed by atoms with Gasteiger partial charge in [-0.2, -0.15) is 5.10 Å². The van der Waals surface area contributed by atoms with Crippen LogP contribution in [0.4, 0.5) is 0 Å². The van der Waals surface area contributed by atoms with Gasteiger partial charge in [0.2, 0.25) is 0 Å². The molecule has 1 heterocycles. The van der Waals surface area contributed by atoms with E-state index in [0.29, 0.717) is 15.7 Å². The maximum atomic E-state index is 11.3. The Morgan fingerprint density at radius 3 is 2.69 bits per heavy atom. The summed E-state index contributed by atoms with van der Waals surface area (Å²) in [6, 6.07) is 6.50. The van der Waals surface area contributed by atoms with Gasteiger partial charge < -0.3 is 10.1 Å². The molecule has 0 saturated heterocycles. The van der Waals surface area contributed by atoms with Crippen molar-refractivity contribution in [2.75, 3.05) is 0 Å². The van der Waals surface area contributed by atoms with Crippen molar-refractivity contribution < 1.29 is 5.03 Å². The van der Waals surface area contributed by atoms with Gasteiger partial charge >= 0.3 is 5.56 Å². The third-order valence-electron chi connectivity index (χ3n) is 1.74. The van der Waals surface area contributed by atoms with Crippen molar-refractivity contribution in [3.63, 3.8) is 0 Å². The summed E-state index contributed by atoms with van der Waals surface area (Å²) < 4.78 is 0. The molecule has 13 heavy (non-hydrogen) atoms. The highest BCUT2D eigenvalue weighted by atomic mass is 16.7. The summed E-state index contributed by atoms with van der Waals surface area (Å²) in [5.41, 5.74) is -0.176. The third-order valence-corrected chi connectivity index (χ3v) is 1.74. The number of hydrogen-bond acceptors (Lipinski definition) is 3. The first-order valence-corrected chi connectivity index (χ1v) is 3.54. The maximum Gasteiger partial charge on any atom is 0.340 e. The molecule has 2 aromatic rings. The Labute approximate surface area is 71.5 Å². The molecule has 0 atom stereocenters. The molecule has 1 N–H and O–H groups in total. The smallest absolute Gasteiger partial charge is 0.339 e. The number of benzene rings is 1. The van der Waals surface area contributed by atoms with E-state index in [-0.39, 0.29) is 0 Å². The zero-order valence-electron chi connectivity index (χ0n) is 6.43. The minimum Gasteiger partial charge on any atom is -0.339 e. The van der Waals surface area contributed by atoms with Crippen molar-refractivity contribution >= 4 is 10.9 Å². The molecule has 0 aliphatic heterocycles. The lowest BCUT2D eigenvalue weighted by Crippen LogP contribution is -2.23. The van der Waals surface area contributed by atoms with E-state index in [2.05, 4.69) is 5.10 Å². The first-order chi connectivity index (χ1) is 6.20. The highest BCUT2D eigenvalue weighted by molar-refractivity contribution is 5.77. The summed E-state index contributed by atoms with van der Waals surface area (Å²) in [5, 5.41) is 12.2. The van der Waals surface area contributed by atoms with E-state index in [1.807, 2.05) is 0 Å². The van der Waals surface area contributed by atoms with Gasteiger partial charge in [-0.3, -0.25) is 4.79 Å². The molecule has 1 aromatic heterocycles. The summed E-state index contributed by atoms with van der Waals surface area (Å²) in [6.07, 6.45) is 0. The molecule has 2 rings (SSSR count). The number of H-pyrrole nitrogens is 1. The molecule has 0 aliphatic rings. The molecule has 0 unspecified atom stereocenters. The Kier molecular flexibility index (Phi) is 1.42. The van der Waals surface area contributed by atoms with Crippen LogP contribution in [0.2, 0.25) is 0 Å². The van der Waals surface area contributed by atoms with Crippen LogP contribution in [0.3, 0.4) is 0 Å². The molecule has 1 aromatic carbocycles. The second-order valence-electron chi connectivity index (χ2n) is 2.51. The molecule has 0 spiro atoms. The van der Waals surface area contributed by atoms with Crippen molar-refractivity contribution in [2.24, 2.45) is 0 Å². The lowest BCUT2D eigenvalue weighted by molar-refractivity contribution is -0.554. The standard InChI is InChI=1S/C7H5N3O3/c11-7-5-3-1-2-4-6(5)8-9(7)10(12)13/h1-4,8H. The molecule has 66 valence electrons. The average Bonchev–Trinajstić information content (AvgIpc) is 2.45. The van der Waals surface area contributed by atoms with E-state index >= 15 is 0 Å². The summed E-state index contributed by atoms with van der Waals surface area (Å²) in [5.74, 6) is 0. The average molecular weight is 179 g/mol. The molecule has 0 aliphatic carbocycles. The topological polar surface area (TPSA) is 80.9 Å². The largest absolute Gasteiger partial charge is 0.340 e. The van der Waals surface area contributed by atoms with E-state index in [1.165, 1.54) is 6.07 Å². The fraction of sp³-hybridized carbons (Fsp3) is 0. The molecule has 0 amide bonds. The Balaban J connectivity index is 2.90. The number of para-hydroxylation sites is 1. The van der Waals surface area contributed by atoms with Crippen molar-refractivity contribution in [3.8, 4) is 0 Å². The SMILES string of the molecule is O=c1c2ccccc2[nH]n1[N+](=O)[O-]. The highest BCUT2D eigenvalue weighted by Gasteiger charge is 2.12. The van der Waals surface area contributed by atoms with Crippen LogP contribution in [0.5, 0.6) is 0 Å². The van der Waals surface area contributed by atoms with E-state index in [0.717, 1.165) is 0 Å². The van der Waals surface area contributed by atoms with E-state index in [1.54, 1.807) is 18.2 Å². The van der Waals surface area contributed by atoms with Crippen LogP contribution in [-0.2, 0) is 0 Å². The summed E-state index contributed by atoms with van der Waals surface area (Å²) in [7, 11) is 0.